The van der Waals surface area contributed by atoms with Crippen LogP contribution in [0.1, 0.15) is 11.5 Å². The van der Waals surface area contributed by atoms with Crippen molar-refractivity contribution in [1.29, 1.82) is 0 Å². The van der Waals surface area contributed by atoms with Gasteiger partial charge in [-0.25, -0.2) is 19.0 Å². The molecule has 7 nitrogen and oxygen atoms in total. The third-order valence-electron chi connectivity index (χ3n) is 3.54. The molecule has 0 atom stereocenters. The molecule has 0 fully saturated rings. The van der Waals surface area contributed by atoms with E-state index >= 15 is 0 Å². The Morgan fingerprint density at radius 3 is 2.79 bits per heavy atom. The van der Waals surface area contributed by atoms with Crippen LogP contribution in [0.3, 0.4) is 0 Å². The van der Waals surface area contributed by atoms with Crippen LogP contribution in [0.2, 0.25) is 0 Å². The number of nitrogens with one attached hydrogen (secondary N) is 1. The molecule has 0 aliphatic rings. The fraction of sp³-hybridized carbons (Fsp3) is 0.125. The number of anilines is 1. The molecular weight excluding hydrogens is 311 g/mol. The van der Waals surface area contributed by atoms with Crippen LogP contribution < -0.4 is 5.32 Å². The summed E-state index contributed by atoms with van der Waals surface area (Å²) in [7, 11) is 0. The maximum absolute atomic E-state index is 13.1. The van der Waals surface area contributed by atoms with Crippen LogP contribution in [0, 0.1) is 12.7 Å². The quantitative estimate of drug-likeness (QED) is 0.621. The van der Waals surface area contributed by atoms with E-state index in [0.29, 0.717) is 23.8 Å². The van der Waals surface area contributed by atoms with Gasteiger partial charge in [-0.05, 0) is 31.2 Å². The number of halogens is 1. The molecule has 0 amide bonds. The van der Waals surface area contributed by atoms with Crippen molar-refractivity contribution >= 4 is 16.9 Å². The average molecular weight is 324 g/mol. The molecule has 0 unspecified atom stereocenters. The van der Waals surface area contributed by atoms with Gasteiger partial charge in [0.15, 0.2) is 11.4 Å². The highest BCUT2D eigenvalue weighted by atomic mass is 19.1. The minimum absolute atomic E-state index is 0.297. The fourth-order valence-corrected chi connectivity index (χ4v) is 2.43. The standard InChI is InChI=1S/C16H13FN6O/c1-10-6-13(24-22-10)7-18-15-14-8-21-23(16(14)20-9-19-15)12-4-2-11(17)3-5-12/h2-6,8-9H,7H2,1H3,(H,18,19,20). The first-order valence-electron chi connectivity index (χ1n) is 7.31. The first-order chi connectivity index (χ1) is 11.7. The lowest BCUT2D eigenvalue weighted by atomic mass is 10.3. The molecule has 0 saturated carbocycles. The summed E-state index contributed by atoms with van der Waals surface area (Å²) in [6, 6.07) is 7.92. The number of hydrogen-bond acceptors (Lipinski definition) is 6. The molecule has 1 N–H and O–H groups in total. The van der Waals surface area contributed by atoms with Crippen LogP contribution in [0.25, 0.3) is 16.7 Å². The van der Waals surface area contributed by atoms with Crippen LogP contribution in [0.4, 0.5) is 10.2 Å². The third kappa shape index (κ3) is 2.58. The fourth-order valence-electron chi connectivity index (χ4n) is 2.43. The van der Waals surface area contributed by atoms with E-state index in [2.05, 4.69) is 25.5 Å². The molecule has 120 valence electrons. The third-order valence-corrected chi connectivity index (χ3v) is 3.54. The summed E-state index contributed by atoms with van der Waals surface area (Å²) in [5.74, 6) is 1.06. The maximum atomic E-state index is 13.1. The van der Waals surface area contributed by atoms with Gasteiger partial charge in [-0.15, -0.1) is 0 Å². The number of nitrogens with zero attached hydrogens (tertiary/aromatic N) is 5. The number of aromatic nitrogens is 5. The molecular formula is C16H13FN6O. The smallest absolute Gasteiger partial charge is 0.168 e. The summed E-state index contributed by atoms with van der Waals surface area (Å²) in [5.41, 5.74) is 2.18. The summed E-state index contributed by atoms with van der Waals surface area (Å²) >= 11 is 0. The summed E-state index contributed by atoms with van der Waals surface area (Å²) in [4.78, 5) is 8.53. The Morgan fingerprint density at radius 2 is 2.04 bits per heavy atom. The van der Waals surface area contributed by atoms with Gasteiger partial charge in [0.25, 0.3) is 0 Å². The van der Waals surface area contributed by atoms with Gasteiger partial charge in [-0.2, -0.15) is 5.10 Å². The largest absolute Gasteiger partial charge is 0.362 e. The Hall–Kier alpha value is -3.29. The molecule has 0 radical (unpaired) electrons. The van der Waals surface area contributed by atoms with Crippen molar-refractivity contribution in [2.75, 3.05) is 5.32 Å². The number of aryl methyl sites for hydroxylation is 1. The van der Waals surface area contributed by atoms with Crippen molar-refractivity contribution in [2.24, 2.45) is 0 Å². The highest BCUT2D eigenvalue weighted by molar-refractivity contribution is 5.87. The zero-order valence-corrected chi connectivity index (χ0v) is 12.8. The van der Waals surface area contributed by atoms with E-state index in [-0.39, 0.29) is 5.82 Å². The molecule has 0 saturated heterocycles. The zero-order chi connectivity index (χ0) is 16.5. The van der Waals surface area contributed by atoms with E-state index in [1.807, 2.05) is 13.0 Å². The van der Waals surface area contributed by atoms with E-state index in [9.17, 15) is 4.39 Å². The molecule has 0 aliphatic heterocycles. The van der Waals surface area contributed by atoms with Gasteiger partial charge in [0.2, 0.25) is 0 Å². The monoisotopic (exact) mass is 324 g/mol. The Labute approximate surface area is 136 Å². The van der Waals surface area contributed by atoms with Crippen molar-refractivity contribution in [3.8, 4) is 5.69 Å². The molecule has 4 rings (SSSR count). The summed E-state index contributed by atoms with van der Waals surface area (Å²) in [6.45, 7) is 2.32. The first-order valence-corrected chi connectivity index (χ1v) is 7.31. The normalized spacial score (nSPS) is 11.1. The molecule has 3 heterocycles. The second-order valence-corrected chi connectivity index (χ2v) is 5.28. The number of rotatable bonds is 4. The van der Waals surface area contributed by atoms with Crippen molar-refractivity contribution in [2.45, 2.75) is 13.5 Å². The Balaban J connectivity index is 1.67. The molecule has 4 aromatic rings. The average Bonchev–Trinajstić information content (AvgIpc) is 3.20. The lowest BCUT2D eigenvalue weighted by Crippen LogP contribution is -2.02. The summed E-state index contributed by atoms with van der Waals surface area (Å²) < 4.78 is 19.9. The van der Waals surface area contributed by atoms with Gasteiger partial charge in [0.1, 0.15) is 18.0 Å². The van der Waals surface area contributed by atoms with E-state index in [1.165, 1.54) is 18.5 Å². The van der Waals surface area contributed by atoms with E-state index in [0.717, 1.165) is 16.8 Å². The molecule has 1 aromatic carbocycles. The van der Waals surface area contributed by atoms with Crippen LogP contribution in [-0.4, -0.2) is 24.9 Å². The number of fused-ring (bicyclic) bond motifs is 1. The SMILES string of the molecule is Cc1cc(CNc2ncnc3c2cnn3-c2ccc(F)cc2)on1. The maximum Gasteiger partial charge on any atom is 0.168 e. The molecule has 3 aromatic heterocycles. The lowest BCUT2D eigenvalue weighted by Gasteiger charge is -2.05. The van der Waals surface area contributed by atoms with Crippen LogP contribution in [0.5, 0.6) is 0 Å². The van der Waals surface area contributed by atoms with Crippen molar-refractivity contribution in [1.82, 2.24) is 24.9 Å². The zero-order valence-electron chi connectivity index (χ0n) is 12.8. The number of benzene rings is 1. The summed E-state index contributed by atoms with van der Waals surface area (Å²) in [6.07, 6.45) is 3.13. The van der Waals surface area contributed by atoms with Crippen LogP contribution in [-0.2, 0) is 6.54 Å². The molecule has 0 bridgehead atoms. The van der Waals surface area contributed by atoms with E-state index in [4.69, 9.17) is 4.52 Å². The van der Waals surface area contributed by atoms with Gasteiger partial charge in [-0.1, -0.05) is 5.16 Å². The Bertz CT molecular complexity index is 991. The molecule has 0 spiro atoms. The first kappa shape index (κ1) is 14.3. The van der Waals surface area contributed by atoms with E-state index in [1.54, 1.807) is 23.0 Å². The van der Waals surface area contributed by atoms with Crippen molar-refractivity contribution < 1.29 is 8.91 Å². The number of hydrogen-bond donors (Lipinski definition) is 1. The van der Waals surface area contributed by atoms with Crippen LogP contribution >= 0.6 is 0 Å². The van der Waals surface area contributed by atoms with Crippen molar-refractivity contribution in [3.05, 3.63) is 60.1 Å². The molecule has 24 heavy (non-hydrogen) atoms. The highest BCUT2D eigenvalue weighted by Gasteiger charge is 2.11. The van der Waals surface area contributed by atoms with Gasteiger partial charge in [0, 0.05) is 6.07 Å². The Morgan fingerprint density at radius 1 is 1.21 bits per heavy atom. The predicted octanol–water partition coefficient (Wildman–Crippen LogP) is 2.86. The Kier molecular flexibility index (Phi) is 3.42. The minimum Gasteiger partial charge on any atom is -0.362 e. The van der Waals surface area contributed by atoms with Gasteiger partial charge < -0.3 is 9.84 Å². The molecule has 8 heteroatoms. The lowest BCUT2D eigenvalue weighted by molar-refractivity contribution is 0.384. The summed E-state index contributed by atoms with van der Waals surface area (Å²) in [5, 5.41) is 12.1. The van der Waals surface area contributed by atoms with Gasteiger partial charge in [0.05, 0.1) is 29.5 Å². The van der Waals surface area contributed by atoms with Crippen molar-refractivity contribution in [3.63, 3.8) is 0 Å². The molecule has 0 aliphatic carbocycles. The van der Waals surface area contributed by atoms with Crippen LogP contribution in [0.15, 0.2) is 47.4 Å². The second kappa shape index (κ2) is 5.73. The minimum atomic E-state index is -0.297. The van der Waals surface area contributed by atoms with Gasteiger partial charge in [-0.3, -0.25) is 0 Å². The topological polar surface area (TPSA) is 81.7 Å². The predicted molar refractivity (Wildman–Crippen MR) is 85.2 cm³/mol. The second-order valence-electron chi connectivity index (χ2n) is 5.28. The highest BCUT2D eigenvalue weighted by Crippen LogP contribution is 2.22. The van der Waals surface area contributed by atoms with E-state index < -0.39 is 0 Å². The van der Waals surface area contributed by atoms with Gasteiger partial charge >= 0.3 is 0 Å².